The van der Waals surface area contributed by atoms with Gasteiger partial charge in [-0.1, -0.05) is 29.8 Å². The van der Waals surface area contributed by atoms with Gasteiger partial charge in [0.25, 0.3) is 0 Å². The second-order valence-corrected chi connectivity index (χ2v) is 6.46. The van der Waals surface area contributed by atoms with Crippen molar-refractivity contribution in [2.24, 2.45) is 5.10 Å². The van der Waals surface area contributed by atoms with Gasteiger partial charge >= 0.3 is 0 Å². The molecule has 0 atom stereocenters. The molecule has 0 fully saturated rings. The number of thiophene rings is 1. The van der Waals surface area contributed by atoms with E-state index >= 15 is 0 Å². The van der Waals surface area contributed by atoms with Crippen LogP contribution in [0.3, 0.4) is 0 Å². The molecule has 21 heavy (non-hydrogen) atoms. The van der Waals surface area contributed by atoms with E-state index in [1.165, 1.54) is 16.9 Å². The Morgan fingerprint density at radius 1 is 1.38 bits per heavy atom. The third-order valence-electron chi connectivity index (χ3n) is 2.77. The number of aryl methyl sites for hydroxylation is 1. The van der Waals surface area contributed by atoms with E-state index in [4.69, 9.17) is 11.6 Å². The summed E-state index contributed by atoms with van der Waals surface area (Å²) in [7, 11) is 0. The fourth-order valence-corrected chi connectivity index (χ4v) is 3.53. The summed E-state index contributed by atoms with van der Waals surface area (Å²) in [5, 5.41) is 6.36. The number of benzene rings is 1. The molecule has 0 aliphatic carbocycles. The molecule has 0 saturated heterocycles. The lowest BCUT2D eigenvalue weighted by atomic mass is 10.2. The highest BCUT2D eigenvalue weighted by atomic mass is 79.9. The van der Waals surface area contributed by atoms with E-state index in [1.807, 2.05) is 30.5 Å². The van der Waals surface area contributed by atoms with E-state index in [-0.39, 0.29) is 5.28 Å². The van der Waals surface area contributed by atoms with Crippen LogP contribution < -0.4 is 5.43 Å². The number of aromatic nitrogens is 2. The van der Waals surface area contributed by atoms with Crippen LogP contribution in [0.5, 0.6) is 0 Å². The molecule has 0 saturated carbocycles. The molecule has 0 aliphatic heterocycles. The average Bonchev–Trinajstić information content (AvgIpc) is 2.81. The summed E-state index contributed by atoms with van der Waals surface area (Å²) in [6, 6.07) is 8.08. The van der Waals surface area contributed by atoms with Gasteiger partial charge in [-0.25, -0.2) is 4.98 Å². The van der Waals surface area contributed by atoms with Crippen molar-refractivity contribution in [3.63, 3.8) is 0 Å². The van der Waals surface area contributed by atoms with E-state index in [0.717, 1.165) is 20.3 Å². The van der Waals surface area contributed by atoms with Crippen molar-refractivity contribution < 1.29 is 0 Å². The Labute approximate surface area is 139 Å². The van der Waals surface area contributed by atoms with Gasteiger partial charge in [0.15, 0.2) is 5.82 Å². The number of hydrazone groups is 1. The Hall–Kier alpha value is -1.50. The van der Waals surface area contributed by atoms with Crippen molar-refractivity contribution in [3.05, 3.63) is 50.5 Å². The molecule has 0 bridgehead atoms. The first-order chi connectivity index (χ1) is 10.1. The summed E-state index contributed by atoms with van der Waals surface area (Å²) in [5.74, 6) is 0.601. The van der Waals surface area contributed by atoms with Gasteiger partial charge in [-0.2, -0.15) is 10.1 Å². The zero-order chi connectivity index (χ0) is 14.8. The lowest BCUT2D eigenvalue weighted by Crippen LogP contribution is -1.96. The van der Waals surface area contributed by atoms with Gasteiger partial charge in [-0.15, -0.1) is 11.3 Å². The highest BCUT2D eigenvalue weighted by molar-refractivity contribution is 9.10. The quantitative estimate of drug-likeness (QED) is 0.400. The fraction of sp³-hybridized carbons (Fsp3) is 0.0714. The zero-order valence-electron chi connectivity index (χ0n) is 11.0. The number of hydrogen-bond acceptors (Lipinski definition) is 5. The van der Waals surface area contributed by atoms with Gasteiger partial charge in [0.2, 0.25) is 5.28 Å². The maximum absolute atomic E-state index is 5.94. The number of anilines is 1. The second-order valence-electron chi connectivity index (χ2n) is 4.39. The van der Waals surface area contributed by atoms with Crippen LogP contribution in [0.1, 0.15) is 11.1 Å². The Bertz CT molecular complexity index is 831. The van der Waals surface area contributed by atoms with Crippen LogP contribution in [0.4, 0.5) is 5.82 Å². The molecule has 1 N–H and O–H groups in total. The van der Waals surface area contributed by atoms with Crippen molar-refractivity contribution >= 4 is 61.1 Å². The van der Waals surface area contributed by atoms with Crippen LogP contribution in [0, 0.1) is 6.92 Å². The van der Waals surface area contributed by atoms with E-state index in [2.05, 4.69) is 42.5 Å². The van der Waals surface area contributed by atoms with Crippen molar-refractivity contribution in [2.45, 2.75) is 6.92 Å². The lowest BCUT2D eigenvalue weighted by Gasteiger charge is -2.02. The second kappa shape index (κ2) is 6.09. The Morgan fingerprint density at radius 3 is 3.05 bits per heavy atom. The molecule has 3 aromatic rings. The largest absolute Gasteiger partial charge is 0.260 e. The van der Waals surface area contributed by atoms with Crippen molar-refractivity contribution in [1.29, 1.82) is 0 Å². The molecule has 7 heteroatoms. The smallest absolute Gasteiger partial charge is 0.225 e. The molecule has 3 rings (SSSR count). The number of fused-ring (bicyclic) bond motifs is 1. The topological polar surface area (TPSA) is 50.2 Å². The van der Waals surface area contributed by atoms with Gasteiger partial charge in [-0.05, 0) is 40.0 Å². The zero-order valence-corrected chi connectivity index (χ0v) is 14.1. The summed E-state index contributed by atoms with van der Waals surface area (Å²) in [6.07, 6.45) is 1.75. The molecule has 0 spiro atoms. The van der Waals surface area contributed by atoms with E-state index in [1.54, 1.807) is 6.21 Å². The molecule has 1 aromatic carbocycles. The number of rotatable bonds is 3. The normalized spacial score (nSPS) is 11.4. The molecule has 0 amide bonds. The van der Waals surface area contributed by atoms with Crippen LogP contribution in [-0.4, -0.2) is 16.2 Å². The van der Waals surface area contributed by atoms with Gasteiger partial charge in [0.1, 0.15) is 5.52 Å². The first-order valence-electron chi connectivity index (χ1n) is 6.09. The van der Waals surface area contributed by atoms with E-state index < -0.39 is 0 Å². The first kappa shape index (κ1) is 14.4. The van der Waals surface area contributed by atoms with Crippen LogP contribution in [0.25, 0.3) is 10.2 Å². The predicted octanol–water partition coefficient (Wildman–Crippen LogP) is 4.86. The van der Waals surface area contributed by atoms with Gasteiger partial charge in [0, 0.05) is 5.38 Å². The molecule has 2 aromatic heterocycles. The van der Waals surface area contributed by atoms with Gasteiger partial charge in [0.05, 0.1) is 15.4 Å². The molecule has 106 valence electrons. The maximum atomic E-state index is 5.94. The van der Waals surface area contributed by atoms with E-state index in [0.29, 0.717) is 5.82 Å². The minimum atomic E-state index is 0.190. The third kappa shape index (κ3) is 3.23. The molecular formula is C14H10BrClN4S. The Morgan fingerprint density at radius 2 is 2.24 bits per heavy atom. The number of hydrogen-bond donors (Lipinski definition) is 1. The molecule has 0 aliphatic rings. The molecule has 4 nitrogen and oxygen atoms in total. The Kier molecular flexibility index (Phi) is 4.19. The highest BCUT2D eigenvalue weighted by Gasteiger charge is 2.10. The standard InChI is InChI=1S/C14H10BrClN4S/c1-8-3-2-4-9(5-8)6-17-20-13-12-11(10(15)7-21-12)18-14(16)19-13/h2-7H,1H3,(H,18,19,20). The van der Waals surface area contributed by atoms with Crippen LogP contribution >= 0.6 is 38.9 Å². The summed E-state index contributed by atoms with van der Waals surface area (Å²) < 4.78 is 1.81. The van der Waals surface area contributed by atoms with Crippen molar-refractivity contribution in [1.82, 2.24) is 9.97 Å². The van der Waals surface area contributed by atoms with Crippen LogP contribution in [0.15, 0.2) is 39.2 Å². The highest BCUT2D eigenvalue weighted by Crippen LogP contribution is 2.33. The summed E-state index contributed by atoms with van der Waals surface area (Å²) in [5.41, 5.74) is 5.93. The summed E-state index contributed by atoms with van der Waals surface area (Å²) in [4.78, 5) is 8.38. The van der Waals surface area contributed by atoms with Crippen molar-refractivity contribution in [3.8, 4) is 0 Å². The van der Waals surface area contributed by atoms with Crippen LogP contribution in [-0.2, 0) is 0 Å². The monoisotopic (exact) mass is 380 g/mol. The summed E-state index contributed by atoms with van der Waals surface area (Å²) >= 11 is 10.9. The predicted molar refractivity (Wildman–Crippen MR) is 92.5 cm³/mol. The molecule has 0 radical (unpaired) electrons. The number of nitrogens with one attached hydrogen (secondary N) is 1. The molecule has 0 unspecified atom stereocenters. The molecule has 2 heterocycles. The first-order valence-corrected chi connectivity index (χ1v) is 8.14. The SMILES string of the molecule is Cc1cccc(C=NNc2nc(Cl)nc3c(Br)csc23)c1. The summed E-state index contributed by atoms with van der Waals surface area (Å²) in [6.45, 7) is 2.04. The Balaban J connectivity index is 1.88. The van der Waals surface area contributed by atoms with Crippen LogP contribution in [0.2, 0.25) is 5.28 Å². The maximum Gasteiger partial charge on any atom is 0.225 e. The van der Waals surface area contributed by atoms with Crippen molar-refractivity contribution in [2.75, 3.05) is 5.43 Å². The van der Waals surface area contributed by atoms with Gasteiger partial charge < -0.3 is 0 Å². The average molecular weight is 382 g/mol. The fourth-order valence-electron chi connectivity index (χ4n) is 1.86. The van der Waals surface area contributed by atoms with Gasteiger partial charge in [-0.3, -0.25) is 5.43 Å². The lowest BCUT2D eigenvalue weighted by molar-refractivity contribution is 1.19. The van der Waals surface area contributed by atoms with E-state index in [9.17, 15) is 0 Å². The number of nitrogens with zero attached hydrogens (tertiary/aromatic N) is 3. The minimum absolute atomic E-state index is 0.190. The number of halogens is 2. The minimum Gasteiger partial charge on any atom is -0.260 e. The molecular weight excluding hydrogens is 372 g/mol. The third-order valence-corrected chi connectivity index (χ3v) is 4.82.